The van der Waals surface area contributed by atoms with E-state index >= 15 is 0 Å². The van der Waals surface area contributed by atoms with Gasteiger partial charge in [0.15, 0.2) is 0 Å². The Hall–Kier alpha value is -2.63. The lowest BCUT2D eigenvalue weighted by Crippen LogP contribution is -2.39. The normalized spacial score (nSPS) is 18.1. The van der Waals surface area contributed by atoms with Crippen molar-refractivity contribution >= 4 is 34.1 Å². The summed E-state index contributed by atoms with van der Waals surface area (Å²) in [5, 5.41) is 20.3. The van der Waals surface area contributed by atoms with Gasteiger partial charge in [-0.05, 0) is 56.3 Å². The Morgan fingerprint density at radius 1 is 1.17 bits per heavy atom. The standard InChI is InChI=1S/C19H17F4N3O3S/c1-18(2)15(25-17(30-18)10-3-5-11(20)6-4-10)16(27)24-12-7-8-14(26(28)29)13(9-12)19(21,22)23/h3-9,15,28-29H,1-2H3,(H,24,27). The summed E-state index contributed by atoms with van der Waals surface area (Å²) in [5.74, 6) is -1.04. The molecule has 3 N–H and O–H groups in total. The van der Waals surface area contributed by atoms with Crippen molar-refractivity contribution in [1.29, 1.82) is 0 Å². The van der Waals surface area contributed by atoms with Gasteiger partial charge in [-0.2, -0.15) is 13.2 Å². The molecule has 0 saturated carbocycles. The van der Waals surface area contributed by atoms with Gasteiger partial charge in [0, 0.05) is 16.0 Å². The number of carbonyl (C=O) groups is 1. The van der Waals surface area contributed by atoms with E-state index in [2.05, 4.69) is 10.3 Å². The molecule has 0 aliphatic carbocycles. The highest BCUT2D eigenvalue weighted by Gasteiger charge is 2.43. The molecular weight excluding hydrogens is 426 g/mol. The van der Waals surface area contributed by atoms with E-state index in [1.807, 2.05) is 0 Å². The van der Waals surface area contributed by atoms with Crippen molar-refractivity contribution in [1.82, 2.24) is 0 Å². The van der Waals surface area contributed by atoms with Crippen LogP contribution in [0.3, 0.4) is 0 Å². The summed E-state index contributed by atoms with van der Waals surface area (Å²) in [4.78, 5) is 17.1. The lowest BCUT2D eigenvalue weighted by molar-refractivity contribution is -0.138. The van der Waals surface area contributed by atoms with Crippen LogP contribution in [0.15, 0.2) is 47.5 Å². The highest BCUT2D eigenvalue weighted by molar-refractivity contribution is 8.15. The first-order valence-electron chi connectivity index (χ1n) is 8.61. The van der Waals surface area contributed by atoms with E-state index in [9.17, 15) is 22.4 Å². The van der Waals surface area contributed by atoms with Gasteiger partial charge in [0.1, 0.15) is 17.5 Å². The highest BCUT2D eigenvalue weighted by atomic mass is 32.2. The van der Waals surface area contributed by atoms with Gasteiger partial charge >= 0.3 is 6.18 Å². The Bertz CT molecular complexity index is 992. The SMILES string of the molecule is CC1(C)SC(c2ccc(F)cc2)=NC1C(=O)Nc1ccc(N(O)O)c(C(F)(F)F)c1. The number of hydrogen-bond acceptors (Lipinski definition) is 6. The number of nitrogens with one attached hydrogen (secondary N) is 1. The van der Waals surface area contributed by atoms with Gasteiger partial charge in [0.25, 0.3) is 5.91 Å². The largest absolute Gasteiger partial charge is 0.418 e. The zero-order valence-corrected chi connectivity index (χ0v) is 16.6. The predicted molar refractivity (Wildman–Crippen MR) is 105 cm³/mol. The summed E-state index contributed by atoms with van der Waals surface area (Å²) in [6.45, 7) is 3.53. The Balaban J connectivity index is 1.87. The summed E-state index contributed by atoms with van der Waals surface area (Å²) >= 11 is 1.30. The lowest BCUT2D eigenvalue weighted by atomic mass is 10.0. The average Bonchev–Trinajstić information content (AvgIpc) is 2.96. The molecule has 0 saturated heterocycles. The van der Waals surface area contributed by atoms with Crippen molar-refractivity contribution in [3.8, 4) is 0 Å². The quantitative estimate of drug-likeness (QED) is 0.471. The van der Waals surface area contributed by atoms with Crippen LogP contribution >= 0.6 is 11.8 Å². The number of benzene rings is 2. The molecule has 1 unspecified atom stereocenters. The third-order valence-corrected chi connectivity index (χ3v) is 5.67. The number of thioether (sulfide) groups is 1. The van der Waals surface area contributed by atoms with Gasteiger partial charge in [-0.3, -0.25) is 20.2 Å². The number of halogens is 4. The fraction of sp³-hybridized carbons (Fsp3) is 0.263. The molecule has 11 heteroatoms. The topological polar surface area (TPSA) is 85.2 Å². The second kappa shape index (κ2) is 7.89. The number of amides is 1. The van der Waals surface area contributed by atoms with E-state index in [0.29, 0.717) is 16.7 Å². The van der Waals surface area contributed by atoms with Crippen molar-refractivity contribution in [2.24, 2.45) is 4.99 Å². The minimum Gasteiger partial charge on any atom is -0.324 e. The van der Waals surface area contributed by atoms with Gasteiger partial charge in [-0.25, -0.2) is 4.39 Å². The van der Waals surface area contributed by atoms with Crippen LogP contribution in [-0.4, -0.2) is 32.2 Å². The first-order valence-corrected chi connectivity index (χ1v) is 9.43. The van der Waals surface area contributed by atoms with Crippen molar-refractivity contribution in [2.45, 2.75) is 30.8 Å². The molecule has 0 bridgehead atoms. The van der Waals surface area contributed by atoms with Crippen LogP contribution in [0.25, 0.3) is 0 Å². The molecule has 0 aromatic heterocycles. The highest BCUT2D eigenvalue weighted by Crippen LogP contribution is 2.41. The number of carbonyl (C=O) groups excluding carboxylic acids is 1. The second-order valence-electron chi connectivity index (χ2n) is 7.06. The first-order chi connectivity index (χ1) is 13.9. The molecule has 30 heavy (non-hydrogen) atoms. The molecule has 0 fully saturated rings. The third kappa shape index (κ3) is 4.58. The summed E-state index contributed by atoms with van der Waals surface area (Å²) in [7, 11) is 0. The van der Waals surface area contributed by atoms with Crippen LogP contribution in [0.1, 0.15) is 25.0 Å². The molecule has 1 atom stereocenters. The molecule has 1 heterocycles. The smallest absolute Gasteiger partial charge is 0.324 e. The number of hydrogen-bond donors (Lipinski definition) is 3. The van der Waals surface area contributed by atoms with Gasteiger partial charge in [-0.15, -0.1) is 5.23 Å². The molecule has 1 amide bonds. The second-order valence-corrected chi connectivity index (χ2v) is 8.70. The van der Waals surface area contributed by atoms with E-state index in [-0.39, 0.29) is 5.69 Å². The molecule has 6 nitrogen and oxygen atoms in total. The molecule has 1 aliphatic heterocycles. The minimum atomic E-state index is -4.88. The Labute approximate surface area is 173 Å². The van der Waals surface area contributed by atoms with E-state index < -0.39 is 45.2 Å². The molecule has 160 valence electrons. The van der Waals surface area contributed by atoms with Crippen molar-refractivity contribution in [2.75, 3.05) is 10.5 Å². The lowest BCUT2D eigenvalue weighted by Gasteiger charge is -2.23. The molecule has 2 aromatic rings. The third-order valence-electron chi connectivity index (χ3n) is 4.39. The molecular formula is C19H17F4N3O3S. The van der Waals surface area contributed by atoms with Crippen molar-refractivity contribution in [3.05, 3.63) is 59.4 Å². The Morgan fingerprint density at radius 3 is 2.37 bits per heavy atom. The summed E-state index contributed by atoms with van der Waals surface area (Å²) in [5.41, 5.74) is -1.77. The minimum absolute atomic E-state index is 0.177. The van der Waals surface area contributed by atoms with E-state index in [0.717, 1.165) is 12.1 Å². The maximum absolute atomic E-state index is 13.2. The Morgan fingerprint density at radius 2 is 1.80 bits per heavy atom. The van der Waals surface area contributed by atoms with E-state index in [4.69, 9.17) is 10.4 Å². The van der Waals surface area contributed by atoms with Crippen LogP contribution in [-0.2, 0) is 11.0 Å². The van der Waals surface area contributed by atoms with E-state index in [1.165, 1.54) is 36.0 Å². The summed E-state index contributed by atoms with van der Waals surface area (Å²) in [6, 6.07) is 7.22. The van der Waals surface area contributed by atoms with Crippen molar-refractivity contribution < 1.29 is 32.8 Å². The zero-order chi connectivity index (χ0) is 22.3. The van der Waals surface area contributed by atoms with Crippen LogP contribution < -0.4 is 10.5 Å². The fourth-order valence-electron chi connectivity index (χ4n) is 2.93. The summed E-state index contributed by atoms with van der Waals surface area (Å²) < 4.78 is 52.1. The number of alkyl halides is 3. The number of nitrogens with zero attached hydrogens (tertiary/aromatic N) is 2. The zero-order valence-electron chi connectivity index (χ0n) is 15.7. The molecule has 0 radical (unpaired) electrons. The predicted octanol–water partition coefficient (Wildman–Crippen LogP) is 4.71. The molecule has 3 rings (SSSR count). The fourth-order valence-corrected chi connectivity index (χ4v) is 4.11. The number of anilines is 2. The van der Waals surface area contributed by atoms with Crippen LogP contribution in [0, 0.1) is 5.82 Å². The monoisotopic (exact) mass is 443 g/mol. The van der Waals surface area contributed by atoms with Crippen molar-refractivity contribution in [3.63, 3.8) is 0 Å². The number of rotatable bonds is 4. The van der Waals surface area contributed by atoms with Gasteiger partial charge in [0.2, 0.25) is 0 Å². The summed E-state index contributed by atoms with van der Waals surface area (Å²) in [6.07, 6.45) is -4.88. The van der Waals surface area contributed by atoms with Crippen LogP contribution in [0.2, 0.25) is 0 Å². The van der Waals surface area contributed by atoms with Gasteiger partial charge in [0.05, 0.1) is 10.6 Å². The maximum Gasteiger partial charge on any atom is 0.418 e. The maximum atomic E-state index is 13.2. The van der Waals surface area contributed by atoms with Crippen LogP contribution in [0.5, 0.6) is 0 Å². The Kier molecular flexibility index (Phi) is 5.81. The molecule has 1 aliphatic rings. The first kappa shape index (κ1) is 22.1. The molecule has 2 aromatic carbocycles. The average molecular weight is 443 g/mol. The van der Waals surface area contributed by atoms with Gasteiger partial charge in [-0.1, -0.05) is 11.8 Å². The van der Waals surface area contributed by atoms with Crippen LogP contribution in [0.4, 0.5) is 28.9 Å². The molecule has 0 spiro atoms. The van der Waals surface area contributed by atoms with E-state index in [1.54, 1.807) is 13.8 Å². The van der Waals surface area contributed by atoms with Gasteiger partial charge < -0.3 is 5.32 Å². The number of aliphatic imine (C=N–C) groups is 1.